The molecule has 0 bridgehead atoms. The van der Waals surface area contributed by atoms with Crippen LogP contribution in [0, 0.1) is 0 Å². The summed E-state index contributed by atoms with van der Waals surface area (Å²) in [5, 5.41) is 7.00. The molecule has 1 aromatic carbocycles. The lowest BCUT2D eigenvalue weighted by Gasteiger charge is -2.31. The molecular weight excluding hydrogens is 521 g/mol. The molecule has 2 aromatic heterocycles. The van der Waals surface area contributed by atoms with E-state index in [4.69, 9.17) is 0 Å². The highest BCUT2D eigenvalue weighted by Crippen LogP contribution is 2.34. The maximum Gasteiger partial charge on any atom is 0.255 e. The van der Waals surface area contributed by atoms with Gasteiger partial charge in [0.25, 0.3) is 5.91 Å². The van der Waals surface area contributed by atoms with Gasteiger partial charge in [-0.3, -0.25) is 19.6 Å². The molecule has 1 fully saturated rings. The van der Waals surface area contributed by atoms with Crippen LogP contribution in [0.25, 0.3) is 0 Å². The van der Waals surface area contributed by atoms with E-state index in [-0.39, 0.29) is 23.8 Å². The number of nitrogens with one attached hydrogen (secondary N) is 2. The first kappa shape index (κ1) is 29.6. The highest BCUT2D eigenvalue weighted by molar-refractivity contribution is 7.70. The average molecular weight is 562 g/mol. The van der Waals surface area contributed by atoms with Gasteiger partial charge in [0, 0.05) is 54.0 Å². The molecule has 4 rings (SSSR count). The summed E-state index contributed by atoms with van der Waals surface area (Å²) >= 11 is 0. The van der Waals surface area contributed by atoms with Crippen LogP contribution in [0.1, 0.15) is 66.2 Å². The molecule has 0 radical (unpaired) electrons. The molecule has 1 aliphatic rings. The Bertz CT molecular complexity index is 1360. The van der Waals surface area contributed by atoms with Crippen LogP contribution < -0.4 is 15.9 Å². The van der Waals surface area contributed by atoms with E-state index in [1.54, 1.807) is 50.0 Å². The third-order valence-corrected chi connectivity index (χ3v) is 8.95. The van der Waals surface area contributed by atoms with Gasteiger partial charge in [0.15, 0.2) is 0 Å². The number of pyridine rings is 2. The molecule has 2 amide bonds. The number of benzene rings is 1. The van der Waals surface area contributed by atoms with Crippen molar-refractivity contribution in [3.8, 4) is 0 Å². The summed E-state index contributed by atoms with van der Waals surface area (Å²) in [7, 11) is -2.37. The first-order valence-electron chi connectivity index (χ1n) is 13.9. The van der Waals surface area contributed by atoms with Gasteiger partial charge in [0.1, 0.15) is 7.14 Å². The maximum atomic E-state index is 13.5. The van der Waals surface area contributed by atoms with Crippen LogP contribution in [-0.4, -0.2) is 65.7 Å². The summed E-state index contributed by atoms with van der Waals surface area (Å²) in [6.45, 7) is 12.0. The van der Waals surface area contributed by atoms with Crippen molar-refractivity contribution in [3.63, 3.8) is 0 Å². The lowest BCUT2D eigenvalue weighted by molar-refractivity contribution is -0.132. The van der Waals surface area contributed by atoms with E-state index in [0.717, 1.165) is 41.6 Å². The molecule has 0 saturated carbocycles. The van der Waals surface area contributed by atoms with Gasteiger partial charge in [-0.15, -0.1) is 0 Å². The smallest absolute Gasteiger partial charge is 0.255 e. The standard InChI is InChI=1S/C31H40N5O3P/c1-21(2)25-14-23(16-33-17-25)15-30(37)36(27-12-13-32-19-27)20-22(3)29-11-8-26(18-34-29)35-31(38)24-6-9-28(10-7-24)40(4,5)39/h6-11,14,16-18,21-22,27,32H,12-13,15,19-20H2,1-5H3,(H,35,38). The van der Waals surface area contributed by atoms with Crippen LogP contribution in [-0.2, 0) is 15.8 Å². The van der Waals surface area contributed by atoms with E-state index in [0.29, 0.717) is 30.1 Å². The molecule has 0 spiro atoms. The Morgan fingerprint density at radius 3 is 2.42 bits per heavy atom. The maximum absolute atomic E-state index is 13.5. The second-order valence-electron chi connectivity index (χ2n) is 11.4. The van der Waals surface area contributed by atoms with Crippen LogP contribution in [0.5, 0.6) is 0 Å². The van der Waals surface area contributed by atoms with E-state index in [9.17, 15) is 14.2 Å². The summed E-state index contributed by atoms with van der Waals surface area (Å²) in [6, 6.07) is 12.8. The van der Waals surface area contributed by atoms with Gasteiger partial charge >= 0.3 is 0 Å². The minimum Gasteiger partial charge on any atom is -0.337 e. The number of carbonyl (C=O) groups excluding carboxylic acids is 2. The second kappa shape index (κ2) is 12.9. The highest BCUT2D eigenvalue weighted by Gasteiger charge is 2.28. The number of aromatic nitrogens is 2. The van der Waals surface area contributed by atoms with Crippen LogP contribution in [0.2, 0.25) is 0 Å². The van der Waals surface area contributed by atoms with Crippen LogP contribution >= 0.6 is 7.14 Å². The molecule has 2 N–H and O–H groups in total. The Morgan fingerprint density at radius 2 is 1.82 bits per heavy atom. The van der Waals surface area contributed by atoms with Crippen molar-refractivity contribution >= 4 is 29.9 Å². The van der Waals surface area contributed by atoms with Gasteiger partial charge < -0.3 is 20.1 Å². The molecular formula is C31H40N5O3P. The number of amides is 2. The van der Waals surface area contributed by atoms with Gasteiger partial charge in [-0.25, -0.2) is 0 Å². The molecule has 3 heterocycles. The van der Waals surface area contributed by atoms with Crippen LogP contribution in [0.15, 0.2) is 61.1 Å². The van der Waals surface area contributed by atoms with E-state index in [1.807, 2.05) is 23.2 Å². The van der Waals surface area contributed by atoms with Gasteiger partial charge in [0.05, 0.1) is 18.3 Å². The molecule has 1 aliphatic heterocycles. The number of rotatable bonds is 10. The first-order valence-corrected chi connectivity index (χ1v) is 16.5. The molecule has 2 atom stereocenters. The predicted octanol–water partition coefficient (Wildman–Crippen LogP) is 4.64. The monoisotopic (exact) mass is 561 g/mol. The Hall–Kier alpha value is -3.35. The molecule has 0 aliphatic carbocycles. The largest absolute Gasteiger partial charge is 0.337 e. The second-order valence-corrected chi connectivity index (χ2v) is 14.6. The van der Waals surface area contributed by atoms with E-state index < -0.39 is 7.14 Å². The fourth-order valence-corrected chi connectivity index (χ4v) is 5.76. The van der Waals surface area contributed by atoms with Gasteiger partial charge in [-0.05, 0) is 67.6 Å². The molecule has 40 heavy (non-hydrogen) atoms. The molecule has 212 valence electrons. The Morgan fingerprint density at radius 1 is 1.07 bits per heavy atom. The quantitative estimate of drug-likeness (QED) is 0.350. The van der Waals surface area contributed by atoms with Crippen molar-refractivity contribution < 1.29 is 14.2 Å². The highest BCUT2D eigenvalue weighted by atomic mass is 31.2. The lowest BCUT2D eigenvalue weighted by Crippen LogP contribution is -2.44. The average Bonchev–Trinajstić information content (AvgIpc) is 3.46. The normalized spacial score (nSPS) is 16.1. The van der Waals surface area contributed by atoms with Crippen molar-refractivity contribution in [1.82, 2.24) is 20.2 Å². The van der Waals surface area contributed by atoms with Gasteiger partial charge in [-0.2, -0.15) is 0 Å². The number of hydrogen-bond donors (Lipinski definition) is 2. The topological polar surface area (TPSA) is 104 Å². The minimum atomic E-state index is -2.37. The summed E-state index contributed by atoms with van der Waals surface area (Å²) in [6.07, 6.45) is 6.55. The third-order valence-electron chi connectivity index (χ3n) is 7.40. The third kappa shape index (κ3) is 7.64. The van der Waals surface area contributed by atoms with Crippen molar-refractivity contribution in [2.45, 2.75) is 51.5 Å². The van der Waals surface area contributed by atoms with E-state index in [1.165, 1.54) is 0 Å². The number of nitrogens with zero attached hydrogens (tertiary/aromatic N) is 3. The van der Waals surface area contributed by atoms with Gasteiger partial charge in [0.2, 0.25) is 5.91 Å². The minimum absolute atomic E-state index is 0.0146. The molecule has 9 heteroatoms. The van der Waals surface area contributed by atoms with Crippen LogP contribution in [0.4, 0.5) is 5.69 Å². The SMILES string of the molecule is CC(C)c1cncc(CC(=O)N(CC(C)c2ccc(NC(=O)c3ccc(P(C)(C)=O)cc3)cn2)C2CCNC2)c1. The predicted molar refractivity (Wildman–Crippen MR) is 161 cm³/mol. The number of hydrogen-bond acceptors (Lipinski definition) is 6. The van der Waals surface area contributed by atoms with E-state index >= 15 is 0 Å². The molecule has 2 unspecified atom stereocenters. The zero-order valence-electron chi connectivity index (χ0n) is 24.1. The number of carbonyl (C=O) groups is 2. The summed E-state index contributed by atoms with van der Waals surface area (Å²) in [4.78, 5) is 37.2. The lowest BCUT2D eigenvalue weighted by atomic mass is 10.0. The summed E-state index contributed by atoms with van der Waals surface area (Å²) in [5.74, 6) is 0.216. The zero-order chi connectivity index (χ0) is 28.9. The summed E-state index contributed by atoms with van der Waals surface area (Å²) < 4.78 is 12.2. The fraction of sp³-hybridized carbons (Fsp3) is 0.419. The fourth-order valence-electron chi connectivity index (χ4n) is 4.89. The Balaban J connectivity index is 1.41. The van der Waals surface area contributed by atoms with Crippen molar-refractivity contribution in [1.29, 1.82) is 0 Å². The molecule has 8 nitrogen and oxygen atoms in total. The van der Waals surface area contributed by atoms with Crippen molar-refractivity contribution in [3.05, 3.63) is 83.4 Å². The first-order chi connectivity index (χ1) is 19.0. The summed E-state index contributed by atoms with van der Waals surface area (Å²) in [5.41, 5.74) is 4.01. The van der Waals surface area contributed by atoms with Gasteiger partial charge in [-0.1, -0.05) is 39.0 Å². The van der Waals surface area contributed by atoms with E-state index in [2.05, 4.69) is 47.4 Å². The van der Waals surface area contributed by atoms with Crippen molar-refractivity contribution in [2.24, 2.45) is 0 Å². The van der Waals surface area contributed by atoms with Crippen LogP contribution in [0.3, 0.4) is 0 Å². The zero-order valence-corrected chi connectivity index (χ0v) is 24.9. The molecule has 1 saturated heterocycles. The Kier molecular flexibility index (Phi) is 9.54. The number of anilines is 1. The molecule has 3 aromatic rings. The Labute approximate surface area is 237 Å². The van der Waals surface area contributed by atoms with Crippen molar-refractivity contribution in [2.75, 3.05) is 38.3 Å².